The summed E-state index contributed by atoms with van der Waals surface area (Å²) in [6, 6.07) is 10.5. The molecule has 1 aliphatic rings. The zero-order valence-corrected chi connectivity index (χ0v) is 13.6. The summed E-state index contributed by atoms with van der Waals surface area (Å²) in [4.78, 5) is 18.9. The Balaban J connectivity index is 1.72. The van der Waals surface area contributed by atoms with Crippen molar-refractivity contribution in [2.45, 2.75) is 23.1 Å². The van der Waals surface area contributed by atoms with Crippen molar-refractivity contribution in [1.82, 2.24) is 9.88 Å². The first-order valence-electron chi connectivity index (χ1n) is 7.11. The van der Waals surface area contributed by atoms with E-state index in [0.717, 1.165) is 30.3 Å². The van der Waals surface area contributed by atoms with Crippen molar-refractivity contribution in [3.63, 3.8) is 0 Å². The molecule has 0 saturated carbocycles. The monoisotopic (exact) mass is 318 g/mol. The maximum absolute atomic E-state index is 12.6. The second kappa shape index (κ2) is 6.62. The van der Waals surface area contributed by atoms with Gasteiger partial charge in [0.1, 0.15) is 10.0 Å². The molecule has 3 nitrogen and oxygen atoms in total. The van der Waals surface area contributed by atoms with Crippen molar-refractivity contribution in [3.05, 3.63) is 47.0 Å². The molecule has 5 heteroatoms. The van der Waals surface area contributed by atoms with E-state index in [1.807, 2.05) is 22.6 Å². The number of thioether (sulfide) groups is 1. The number of nitrogens with zero attached hydrogens (tertiary/aromatic N) is 2. The zero-order valence-electron chi connectivity index (χ0n) is 12.0. The molecule has 1 fully saturated rings. The van der Waals surface area contributed by atoms with Gasteiger partial charge in [0, 0.05) is 24.4 Å². The molecule has 2 aromatic rings. The van der Waals surface area contributed by atoms with Crippen LogP contribution in [0.1, 0.15) is 34.8 Å². The molecular formula is C16H18N2OS2. The highest BCUT2D eigenvalue weighted by Crippen LogP contribution is 2.28. The van der Waals surface area contributed by atoms with Gasteiger partial charge in [-0.2, -0.15) is 0 Å². The fraction of sp³-hybridized carbons (Fsp3) is 0.375. The lowest BCUT2D eigenvalue weighted by Gasteiger charge is -2.32. The molecule has 2 heterocycles. The maximum atomic E-state index is 12.6. The Kier molecular flexibility index (Phi) is 4.60. The van der Waals surface area contributed by atoms with Crippen LogP contribution in [-0.2, 0) is 0 Å². The molecular weight excluding hydrogens is 300 g/mol. The zero-order chi connectivity index (χ0) is 14.7. The van der Waals surface area contributed by atoms with Gasteiger partial charge in [-0.15, -0.1) is 11.3 Å². The summed E-state index contributed by atoms with van der Waals surface area (Å²) in [6.07, 6.45) is 4.20. The van der Waals surface area contributed by atoms with Crippen molar-refractivity contribution in [2.24, 2.45) is 0 Å². The van der Waals surface area contributed by atoms with Crippen molar-refractivity contribution in [1.29, 1.82) is 0 Å². The predicted octanol–water partition coefficient (Wildman–Crippen LogP) is 3.88. The van der Waals surface area contributed by atoms with Crippen LogP contribution in [0.25, 0.3) is 0 Å². The molecule has 1 amide bonds. The number of carbonyl (C=O) groups excluding carboxylic acids is 1. The molecule has 1 aromatic carbocycles. The van der Waals surface area contributed by atoms with Crippen molar-refractivity contribution >= 4 is 29.0 Å². The standard InChI is InChI=1S/C16H18N2OS2/c1-20-16-17-14(11-21-16)15(19)18-9-5-8-13(10-18)12-6-3-2-4-7-12/h2-4,6-7,11,13H,5,8-10H2,1H3. The molecule has 0 N–H and O–H groups in total. The summed E-state index contributed by atoms with van der Waals surface area (Å²) in [5, 5.41) is 1.88. The lowest BCUT2D eigenvalue weighted by atomic mass is 9.90. The predicted molar refractivity (Wildman–Crippen MR) is 88.2 cm³/mol. The van der Waals surface area contributed by atoms with Crippen molar-refractivity contribution < 1.29 is 4.79 Å². The lowest BCUT2D eigenvalue weighted by Crippen LogP contribution is -2.39. The van der Waals surface area contributed by atoms with E-state index in [0.29, 0.717) is 11.6 Å². The van der Waals surface area contributed by atoms with Crippen LogP contribution < -0.4 is 0 Å². The number of likely N-dealkylation sites (tertiary alicyclic amines) is 1. The molecule has 1 saturated heterocycles. The topological polar surface area (TPSA) is 33.2 Å². The van der Waals surface area contributed by atoms with E-state index in [9.17, 15) is 4.79 Å². The summed E-state index contributed by atoms with van der Waals surface area (Å²) in [5.41, 5.74) is 1.93. The fourth-order valence-electron chi connectivity index (χ4n) is 2.77. The van der Waals surface area contributed by atoms with Gasteiger partial charge in [-0.25, -0.2) is 4.98 Å². The van der Waals surface area contributed by atoms with E-state index < -0.39 is 0 Å². The Labute approximate surface area is 133 Å². The summed E-state index contributed by atoms with van der Waals surface area (Å²) < 4.78 is 0.954. The number of amides is 1. The Hall–Kier alpha value is -1.33. The first-order chi connectivity index (χ1) is 10.3. The van der Waals surface area contributed by atoms with Gasteiger partial charge in [0.25, 0.3) is 5.91 Å². The smallest absolute Gasteiger partial charge is 0.273 e. The molecule has 0 spiro atoms. The van der Waals surface area contributed by atoms with Gasteiger partial charge in [0.05, 0.1) is 0 Å². The summed E-state index contributed by atoms with van der Waals surface area (Å²) >= 11 is 3.13. The van der Waals surface area contributed by atoms with Crippen LogP contribution in [0.5, 0.6) is 0 Å². The average Bonchev–Trinajstić information content (AvgIpc) is 3.04. The Morgan fingerprint density at radius 3 is 2.90 bits per heavy atom. The third-order valence-corrected chi connectivity index (χ3v) is 5.72. The summed E-state index contributed by atoms with van der Waals surface area (Å²) in [7, 11) is 0. The number of rotatable bonds is 3. The Morgan fingerprint density at radius 2 is 2.19 bits per heavy atom. The number of aromatic nitrogens is 1. The molecule has 1 aliphatic heterocycles. The number of thiazole rings is 1. The molecule has 1 aromatic heterocycles. The van der Waals surface area contributed by atoms with Crippen LogP contribution in [0, 0.1) is 0 Å². The first kappa shape index (κ1) is 14.6. The quantitative estimate of drug-likeness (QED) is 0.805. The lowest BCUT2D eigenvalue weighted by molar-refractivity contribution is 0.0701. The molecule has 0 aliphatic carbocycles. The Morgan fingerprint density at radius 1 is 1.38 bits per heavy atom. The highest BCUT2D eigenvalue weighted by Gasteiger charge is 2.26. The van der Waals surface area contributed by atoms with E-state index in [1.54, 1.807) is 23.1 Å². The van der Waals surface area contributed by atoms with Gasteiger partial charge in [0.2, 0.25) is 0 Å². The summed E-state index contributed by atoms with van der Waals surface area (Å²) in [5.74, 6) is 0.523. The number of hydrogen-bond acceptors (Lipinski definition) is 4. The SMILES string of the molecule is CSc1nc(C(=O)N2CCCC(c3ccccc3)C2)cs1. The minimum atomic E-state index is 0.0761. The fourth-order valence-corrected chi connectivity index (χ4v) is 4.01. The minimum absolute atomic E-state index is 0.0761. The van der Waals surface area contributed by atoms with Crippen LogP contribution in [0.4, 0.5) is 0 Å². The Bertz CT molecular complexity index is 612. The van der Waals surface area contributed by atoms with Crippen LogP contribution in [-0.4, -0.2) is 35.1 Å². The minimum Gasteiger partial charge on any atom is -0.337 e. The second-order valence-electron chi connectivity index (χ2n) is 5.20. The van der Waals surface area contributed by atoms with Gasteiger partial charge in [0.15, 0.2) is 0 Å². The van der Waals surface area contributed by atoms with Gasteiger partial charge < -0.3 is 4.90 Å². The van der Waals surface area contributed by atoms with Crippen LogP contribution in [0.3, 0.4) is 0 Å². The van der Waals surface area contributed by atoms with Gasteiger partial charge in [-0.1, -0.05) is 42.1 Å². The average molecular weight is 318 g/mol. The largest absolute Gasteiger partial charge is 0.337 e. The molecule has 0 bridgehead atoms. The highest BCUT2D eigenvalue weighted by molar-refractivity contribution is 8.00. The number of benzene rings is 1. The van der Waals surface area contributed by atoms with E-state index in [1.165, 1.54) is 5.56 Å². The van der Waals surface area contributed by atoms with Crippen molar-refractivity contribution in [2.75, 3.05) is 19.3 Å². The van der Waals surface area contributed by atoms with Crippen LogP contribution in [0.15, 0.2) is 40.1 Å². The number of piperidine rings is 1. The molecule has 1 unspecified atom stereocenters. The maximum Gasteiger partial charge on any atom is 0.273 e. The first-order valence-corrected chi connectivity index (χ1v) is 9.22. The third kappa shape index (κ3) is 3.30. The van der Waals surface area contributed by atoms with Gasteiger partial charge in [-0.05, 0) is 24.7 Å². The number of hydrogen-bond donors (Lipinski definition) is 0. The molecule has 0 radical (unpaired) electrons. The molecule has 110 valence electrons. The van der Waals surface area contributed by atoms with Crippen LogP contribution in [0.2, 0.25) is 0 Å². The summed E-state index contributed by atoms with van der Waals surface area (Å²) in [6.45, 7) is 1.64. The van der Waals surface area contributed by atoms with Crippen LogP contribution >= 0.6 is 23.1 Å². The molecule has 3 rings (SSSR count). The second-order valence-corrected chi connectivity index (χ2v) is 7.12. The normalized spacial score (nSPS) is 18.7. The highest BCUT2D eigenvalue weighted by atomic mass is 32.2. The van der Waals surface area contributed by atoms with E-state index in [2.05, 4.69) is 29.2 Å². The van der Waals surface area contributed by atoms with E-state index in [-0.39, 0.29) is 5.91 Å². The van der Waals surface area contributed by atoms with Gasteiger partial charge in [-0.3, -0.25) is 4.79 Å². The number of carbonyl (C=O) groups is 1. The third-order valence-electron chi connectivity index (χ3n) is 3.86. The van der Waals surface area contributed by atoms with E-state index >= 15 is 0 Å². The molecule has 1 atom stereocenters. The van der Waals surface area contributed by atoms with Crippen molar-refractivity contribution in [3.8, 4) is 0 Å². The molecule has 21 heavy (non-hydrogen) atoms. The van der Waals surface area contributed by atoms with E-state index in [4.69, 9.17) is 0 Å². The van der Waals surface area contributed by atoms with Gasteiger partial charge >= 0.3 is 0 Å².